The summed E-state index contributed by atoms with van der Waals surface area (Å²) in [6.45, 7) is 2.97. The van der Waals surface area contributed by atoms with E-state index in [2.05, 4.69) is 0 Å². The van der Waals surface area contributed by atoms with Gasteiger partial charge in [0.25, 0.3) is 0 Å². The van der Waals surface area contributed by atoms with Crippen molar-refractivity contribution < 1.29 is 18.7 Å². The van der Waals surface area contributed by atoms with Crippen LogP contribution in [0.25, 0.3) is 0 Å². The van der Waals surface area contributed by atoms with Gasteiger partial charge in [0.05, 0.1) is 5.41 Å². The van der Waals surface area contributed by atoms with Gasteiger partial charge in [-0.15, -0.1) is 11.8 Å². The fourth-order valence-corrected chi connectivity index (χ4v) is 1.99. The summed E-state index contributed by atoms with van der Waals surface area (Å²) >= 11 is 1.10. The average Bonchev–Trinajstić information content (AvgIpc) is 2.22. The summed E-state index contributed by atoms with van der Waals surface area (Å²) in [6, 6.07) is 2.16. The van der Waals surface area contributed by atoms with Crippen molar-refractivity contribution in [1.29, 1.82) is 0 Å². The first-order valence-electron chi connectivity index (χ1n) is 5.03. The fraction of sp³-hybridized carbons (Fsp3) is 0.417. The molecule has 0 aliphatic heterocycles. The van der Waals surface area contributed by atoms with Crippen LogP contribution in [0.5, 0.6) is 0 Å². The van der Waals surface area contributed by atoms with Crippen molar-refractivity contribution in [2.45, 2.75) is 25.2 Å². The van der Waals surface area contributed by atoms with Gasteiger partial charge in [-0.25, -0.2) is 8.78 Å². The van der Waals surface area contributed by atoms with Crippen molar-refractivity contribution in [2.75, 3.05) is 6.26 Å². The maximum atomic E-state index is 13.9. The third-order valence-corrected chi connectivity index (χ3v) is 3.25. The zero-order chi connectivity index (χ0) is 13.2. The SMILES string of the molecule is CSc1cc(F)cc(CC(C)(C)C(=O)O)c1F. The van der Waals surface area contributed by atoms with E-state index >= 15 is 0 Å². The highest BCUT2D eigenvalue weighted by Gasteiger charge is 2.29. The largest absolute Gasteiger partial charge is 0.481 e. The van der Waals surface area contributed by atoms with Gasteiger partial charge in [-0.05, 0) is 44.2 Å². The predicted octanol–water partition coefficient (Wildman–Crippen LogP) is 3.34. The summed E-state index contributed by atoms with van der Waals surface area (Å²) in [5, 5.41) is 8.97. The van der Waals surface area contributed by atoms with Gasteiger partial charge in [-0.3, -0.25) is 4.79 Å². The zero-order valence-electron chi connectivity index (χ0n) is 9.88. The molecule has 1 aromatic carbocycles. The van der Waals surface area contributed by atoms with Crippen molar-refractivity contribution in [3.63, 3.8) is 0 Å². The minimum Gasteiger partial charge on any atom is -0.481 e. The molecule has 0 heterocycles. The smallest absolute Gasteiger partial charge is 0.309 e. The molecule has 0 saturated carbocycles. The van der Waals surface area contributed by atoms with Gasteiger partial charge in [-0.2, -0.15) is 0 Å². The lowest BCUT2D eigenvalue weighted by Crippen LogP contribution is -2.26. The number of benzene rings is 1. The summed E-state index contributed by atoms with van der Waals surface area (Å²) in [5.74, 6) is -2.12. The molecule has 1 N–H and O–H groups in total. The Hall–Kier alpha value is -1.10. The van der Waals surface area contributed by atoms with Gasteiger partial charge in [0.1, 0.15) is 11.6 Å². The molecule has 94 valence electrons. The summed E-state index contributed by atoms with van der Waals surface area (Å²) in [7, 11) is 0. The second-order valence-corrected chi connectivity index (χ2v) is 5.30. The number of hydrogen-bond acceptors (Lipinski definition) is 2. The van der Waals surface area contributed by atoms with Gasteiger partial charge < -0.3 is 5.11 Å². The van der Waals surface area contributed by atoms with Gasteiger partial charge in [-0.1, -0.05) is 0 Å². The number of carboxylic acids is 1. The molecule has 1 aromatic rings. The van der Waals surface area contributed by atoms with Gasteiger partial charge in [0.15, 0.2) is 0 Å². The average molecular weight is 260 g/mol. The number of rotatable bonds is 4. The molecule has 0 saturated heterocycles. The van der Waals surface area contributed by atoms with Crippen LogP contribution in [0.15, 0.2) is 17.0 Å². The van der Waals surface area contributed by atoms with Crippen LogP contribution in [0.1, 0.15) is 19.4 Å². The second kappa shape index (κ2) is 5.04. The Morgan fingerprint density at radius 3 is 2.47 bits per heavy atom. The third-order valence-electron chi connectivity index (χ3n) is 2.51. The number of thioether (sulfide) groups is 1. The molecule has 0 fully saturated rings. The topological polar surface area (TPSA) is 37.3 Å². The van der Waals surface area contributed by atoms with E-state index in [-0.39, 0.29) is 16.9 Å². The van der Waals surface area contributed by atoms with E-state index in [1.54, 1.807) is 6.26 Å². The number of carboxylic acid groups (broad SMARTS) is 1. The number of halogens is 2. The van der Waals surface area contributed by atoms with E-state index < -0.39 is 23.0 Å². The molecule has 0 spiro atoms. The molecule has 0 atom stereocenters. The Balaban J connectivity index is 3.15. The first-order valence-corrected chi connectivity index (χ1v) is 6.25. The van der Waals surface area contributed by atoms with E-state index in [0.29, 0.717) is 0 Å². The van der Waals surface area contributed by atoms with Crippen LogP contribution in [0.4, 0.5) is 8.78 Å². The summed E-state index contributed by atoms with van der Waals surface area (Å²) in [4.78, 5) is 11.2. The van der Waals surface area contributed by atoms with Crippen molar-refractivity contribution in [2.24, 2.45) is 5.41 Å². The molecule has 17 heavy (non-hydrogen) atoms. The van der Waals surface area contributed by atoms with Crippen LogP contribution in [0.2, 0.25) is 0 Å². The summed E-state index contributed by atoms with van der Waals surface area (Å²) in [6.07, 6.45) is 1.60. The number of carbonyl (C=O) groups is 1. The molecule has 0 unspecified atom stereocenters. The Morgan fingerprint density at radius 2 is 2.00 bits per heavy atom. The monoisotopic (exact) mass is 260 g/mol. The van der Waals surface area contributed by atoms with Crippen LogP contribution in [0.3, 0.4) is 0 Å². The molecule has 0 aliphatic carbocycles. The van der Waals surface area contributed by atoms with Crippen LogP contribution >= 0.6 is 11.8 Å². The van der Waals surface area contributed by atoms with E-state index in [1.807, 2.05) is 0 Å². The normalized spacial score (nSPS) is 11.6. The fourth-order valence-electron chi connectivity index (χ4n) is 1.45. The van der Waals surface area contributed by atoms with Crippen molar-refractivity contribution in [3.05, 3.63) is 29.3 Å². The third kappa shape index (κ3) is 3.19. The molecular formula is C12H14F2O2S. The molecule has 0 amide bonds. The van der Waals surface area contributed by atoms with Crippen molar-refractivity contribution in [3.8, 4) is 0 Å². The molecule has 5 heteroatoms. The second-order valence-electron chi connectivity index (χ2n) is 4.45. The summed E-state index contributed by atoms with van der Waals surface area (Å²) in [5.41, 5.74) is -1.02. The highest BCUT2D eigenvalue weighted by atomic mass is 32.2. The molecule has 1 rings (SSSR count). The van der Waals surface area contributed by atoms with Gasteiger partial charge in [0.2, 0.25) is 0 Å². The predicted molar refractivity (Wildman–Crippen MR) is 63.3 cm³/mol. The van der Waals surface area contributed by atoms with Gasteiger partial charge in [0, 0.05) is 4.90 Å². The highest BCUT2D eigenvalue weighted by molar-refractivity contribution is 7.98. The lowest BCUT2D eigenvalue weighted by atomic mass is 9.86. The van der Waals surface area contributed by atoms with E-state index in [4.69, 9.17) is 5.11 Å². The van der Waals surface area contributed by atoms with Crippen molar-refractivity contribution in [1.82, 2.24) is 0 Å². The van der Waals surface area contributed by atoms with E-state index in [0.717, 1.165) is 23.9 Å². The molecule has 0 aromatic heterocycles. The molecule has 2 nitrogen and oxygen atoms in total. The Morgan fingerprint density at radius 1 is 1.41 bits per heavy atom. The lowest BCUT2D eigenvalue weighted by Gasteiger charge is -2.20. The maximum absolute atomic E-state index is 13.9. The zero-order valence-corrected chi connectivity index (χ0v) is 10.7. The molecular weight excluding hydrogens is 246 g/mol. The van der Waals surface area contributed by atoms with E-state index in [1.165, 1.54) is 13.8 Å². The standard InChI is InChI=1S/C12H14F2O2S/c1-12(2,11(15)16)6-7-4-8(13)5-9(17-3)10(7)14/h4-5H,6H2,1-3H3,(H,15,16). The first kappa shape index (κ1) is 14.0. The van der Waals surface area contributed by atoms with Crippen LogP contribution in [-0.4, -0.2) is 17.3 Å². The molecule has 0 radical (unpaired) electrons. The Bertz CT molecular complexity index is 444. The lowest BCUT2D eigenvalue weighted by molar-refractivity contribution is -0.146. The highest BCUT2D eigenvalue weighted by Crippen LogP contribution is 2.29. The number of hydrogen-bond donors (Lipinski definition) is 1. The van der Waals surface area contributed by atoms with Crippen LogP contribution in [-0.2, 0) is 11.2 Å². The van der Waals surface area contributed by atoms with E-state index in [9.17, 15) is 13.6 Å². The molecule has 0 aliphatic rings. The maximum Gasteiger partial charge on any atom is 0.309 e. The minimum atomic E-state index is -1.12. The summed E-state index contributed by atoms with van der Waals surface area (Å²) < 4.78 is 27.1. The Kier molecular flexibility index (Phi) is 4.14. The minimum absolute atomic E-state index is 0.0422. The van der Waals surface area contributed by atoms with Crippen LogP contribution < -0.4 is 0 Å². The van der Waals surface area contributed by atoms with Crippen LogP contribution in [0, 0.1) is 17.0 Å². The molecule has 0 bridgehead atoms. The quantitative estimate of drug-likeness (QED) is 0.844. The van der Waals surface area contributed by atoms with Crippen molar-refractivity contribution >= 4 is 17.7 Å². The number of aliphatic carboxylic acids is 1. The first-order chi connectivity index (χ1) is 7.77. The Labute approximate surface area is 103 Å². The van der Waals surface area contributed by atoms with Gasteiger partial charge >= 0.3 is 5.97 Å².